The Bertz CT molecular complexity index is 3000. The number of hydrogen-bond donors (Lipinski definition) is 1. The average Bonchev–Trinajstić information content (AvgIpc) is 3.82. The van der Waals surface area contributed by atoms with Gasteiger partial charge in [0.1, 0.15) is 23.2 Å². The Kier molecular flexibility index (Phi) is 6.30. The number of hydrogen-bond acceptors (Lipinski definition) is 4. The van der Waals surface area contributed by atoms with Gasteiger partial charge in [-0.05, 0) is 70.3 Å². The van der Waals surface area contributed by atoms with E-state index < -0.39 is 0 Å². The van der Waals surface area contributed by atoms with E-state index in [4.69, 9.17) is 14.4 Å². The number of amidine groups is 2. The summed E-state index contributed by atoms with van der Waals surface area (Å²) in [6.07, 6.45) is -0.264. The Morgan fingerprint density at radius 1 is 0.566 bits per heavy atom. The van der Waals surface area contributed by atoms with Crippen LogP contribution in [-0.2, 0) is 5.41 Å². The fourth-order valence-corrected chi connectivity index (χ4v) is 8.61. The molecule has 0 amide bonds. The van der Waals surface area contributed by atoms with Crippen molar-refractivity contribution in [1.82, 2.24) is 9.88 Å². The normalized spacial score (nSPS) is 16.1. The van der Waals surface area contributed by atoms with Crippen molar-refractivity contribution in [2.24, 2.45) is 9.98 Å². The Labute approximate surface area is 306 Å². The molecule has 5 nitrogen and oxygen atoms in total. The second-order valence-electron chi connectivity index (χ2n) is 14.7. The van der Waals surface area contributed by atoms with Crippen LogP contribution in [0.2, 0.25) is 0 Å². The first-order chi connectivity index (χ1) is 26.0. The average molecular weight is 683 g/mol. The molecule has 5 heteroatoms. The van der Waals surface area contributed by atoms with Crippen LogP contribution in [0.3, 0.4) is 0 Å². The number of rotatable bonds is 4. The first kappa shape index (κ1) is 30.0. The SMILES string of the molecule is CC1(C)c2ccccc2-c2cc3c4ccccc4n(-c4ccc5c(c4)oc4cc(C6=NC(c7ccccc7)=NC(c7ccccc7)N6)ccc45)c3cc21. The Morgan fingerprint density at radius 2 is 1.28 bits per heavy atom. The van der Waals surface area contributed by atoms with E-state index in [0.717, 1.165) is 50.2 Å². The molecular weight excluding hydrogens is 649 g/mol. The van der Waals surface area contributed by atoms with E-state index in [1.54, 1.807) is 0 Å². The molecule has 9 aromatic rings. The first-order valence-corrected chi connectivity index (χ1v) is 18.2. The lowest BCUT2D eigenvalue weighted by atomic mass is 9.82. The molecule has 7 aromatic carbocycles. The minimum atomic E-state index is -0.264. The van der Waals surface area contributed by atoms with Crippen molar-refractivity contribution in [3.05, 3.63) is 186 Å². The molecule has 1 N–H and O–H groups in total. The van der Waals surface area contributed by atoms with Crippen molar-refractivity contribution in [3.8, 4) is 16.8 Å². The number of nitrogens with one attached hydrogen (secondary N) is 1. The molecule has 0 fully saturated rings. The van der Waals surface area contributed by atoms with Gasteiger partial charge in [-0.25, -0.2) is 9.98 Å². The fourth-order valence-electron chi connectivity index (χ4n) is 8.61. The highest BCUT2D eigenvalue weighted by Gasteiger charge is 2.36. The van der Waals surface area contributed by atoms with Crippen LogP contribution < -0.4 is 5.32 Å². The summed E-state index contributed by atoms with van der Waals surface area (Å²) >= 11 is 0. The maximum atomic E-state index is 6.69. The van der Waals surface area contributed by atoms with Gasteiger partial charge in [0.25, 0.3) is 0 Å². The molecule has 3 heterocycles. The van der Waals surface area contributed by atoms with Gasteiger partial charge in [0.05, 0.1) is 11.0 Å². The molecule has 1 atom stereocenters. The third kappa shape index (κ3) is 4.50. The smallest absolute Gasteiger partial charge is 0.159 e. The summed E-state index contributed by atoms with van der Waals surface area (Å²) < 4.78 is 9.09. The molecule has 1 unspecified atom stereocenters. The number of nitrogens with zero attached hydrogens (tertiary/aromatic N) is 3. The van der Waals surface area contributed by atoms with Crippen molar-refractivity contribution < 1.29 is 4.42 Å². The summed E-state index contributed by atoms with van der Waals surface area (Å²) in [5, 5.41) is 8.25. The summed E-state index contributed by atoms with van der Waals surface area (Å²) in [6, 6.07) is 55.9. The fraction of sp³-hybridized carbons (Fsp3) is 0.0833. The minimum absolute atomic E-state index is 0.0892. The van der Waals surface area contributed by atoms with E-state index in [2.05, 4.69) is 145 Å². The molecular formula is C48H34N4O. The highest BCUT2D eigenvalue weighted by molar-refractivity contribution is 6.15. The number of aliphatic imine (C=N–C) groups is 2. The first-order valence-electron chi connectivity index (χ1n) is 18.2. The summed E-state index contributed by atoms with van der Waals surface area (Å²) in [7, 11) is 0. The van der Waals surface area contributed by atoms with Gasteiger partial charge in [0.2, 0.25) is 0 Å². The van der Waals surface area contributed by atoms with Crippen LogP contribution >= 0.6 is 0 Å². The highest BCUT2D eigenvalue weighted by Crippen LogP contribution is 2.51. The second-order valence-corrected chi connectivity index (χ2v) is 14.7. The zero-order valence-electron chi connectivity index (χ0n) is 29.3. The molecule has 2 aliphatic rings. The van der Waals surface area contributed by atoms with Crippen molar-refractivity contribution in [1.29, 1.82) is 0 Å². The van der Waals surface area contributed by atoms with Crippen LogP contribution in [0, 0.1) is 0 Å². The van der Waals surface area contributed by atoms with Gasteiger partial charge in [-0.2, -0.15) is 0 Å². The molecule has 1 aliphatic carbocycles. The van der Waals surface area contributed by atoms with Gasteiger partial charge < -0.3 is 14.3 Å². The monoisotopic (exact) mass is 682 g/mol. The lowest BCUT2D eigenvalue weighted by Crippen LogP contribution is -2.33. The lowest BCUT2D eigenvalue weighted by Gasteiger charge is -2.23. The second kappa shape index (κ2) is 11.1. The van der Waals surface area contributed by atoms with Crippen LogP contribution in [0.4, 0.5) is 0 Å². The van der Waals surface area contributed by atoms with E-state index in [1.807, 2.05) is 36.4 Å². The van der Waals surface area contributed by atoms with Crippen molar-refractivity contribution in [2.45, 2.75) is 25.4 Å². The van der Waals surface area contributed by atoms with E-state index in [9.17, 15) is 0 Å². The van der Waals surface area contributed by atoms with Gasteiger partial charge >= 0.3 is 0 Å². The number of aromatic nitrogens is 1. The lowest BCUT2D eigenvalue weighted by molar-refractivity contribution is 0.661. The highest BCUT2D eigenvalue weighted by atomic mass is 16.3. The van der Waals surface area contributed by atoms with Crippen LogP contribution in [0.25, 0.3) is 60.6 Å². The zero-order valence-corrected chi connectivity index (χ0v) is 29.3. The number of furan rings is 1. The van der Waals surface area contributed by atoms with Crippen LogP contribution in [0.5, 0.6) is 0 Å². The van der Waals surface area contributed by atoms with Crippen LogP contribution in [0.1, 0.15) is 47.8 Å². The van der Waals surface area contributed by atoms with E-state index in [-0.39, 0.29) is 11.6 Å². The van der Waals surface area contributed by atoms with E-state index >= 15 is 0 Å². The summed E-state index contributed by atoms with van der Waals surface area (Å²) in [4.78, 5) is 10.0. The maximum Gasteiger partial charge on any atom is 0.159 e. The summed E-state index contributed by atoms with van der Waals surface area (Å²) in [5.74, 6) is 1.46. The third-order valence-corrected chi connectivity index (χ3v) is 11.3. The minimum Gasteiger partial charge on any atom is -0.456 e. The molecule has 0 radical (unpaired) electrons. The number of fused-ring (bicyclic) bond motifs is 9. The molecule has 1 aliphatic heterocycles. The standard InChI is InChI=1S/C48H34N4O/c1-48(2)39-19-11-9-17-33(39)37-27-38-34-18-10-12-20-41(34)52(42(38)28-40(37)48)32-22-24-36-35-23-21-31(25-43(35)53-44(36)26-32)47-50-45(29-13-5-3-6-14-29)49-46(51-47)30-15-7-4-8-16-30/h3-28,45H,1-2H3,(H,49,50,51). The van der Waals surface area contributed by atoms with Gasteiger partial charge in [0.15, 0.2) is 5.84 Å². The van der Waals surface area contributed by atoms with Crippen molar-refractivity contribution in [2.75, 3.05) is 0 Å². The van der Waals surface area contributed by atoms with Gasteiger partial charge in [-0.3, -0.25) is 0 Å². The summed E-state index contributed by atoms with van der Waals surface area (Å²) in [6.45, 7) is 4.69. The van der Waals surface area contributed by atoms with Crippen LogP contribution in [0.15, 0.2) is 172 Å². The molecule has 2 aromatic heterocycles. The predicted molar refractivity (Wildman–Crippen MR) is 217 cm³/mol. The Balaban J connectivity index is 1.04. The van der Waals surface area contributed by atoms with Gasteiger partial charge in [0, 0.05) is 49.8 Å². The predicted octanol–water partition coefficient (Wildman–Crippen LogP) is 11.5. The van der Waals surface area contributed by atoms with Crippen LogP contribution in [-0.4, -0.2) is 16.2 Å². The zero-order chi connectivity index (χ0) is 35.3. The maximum absolute atomic E-state index is 6.69. The summed E-state index contributed by atoms with van der Waals surface area (Å²) in [5.41, 5.74) is 13.5. The van der Waals surface area contributed by atoms with Gasteiger partial charge in [-0.1, -0.05) is 123 Å². The molecule has 11 rings (SSSR count). The Hall–Kier alpha value is -6.72. The molecule has 0 saturated heterocycles. The molecule has 53 heavy (non-hydrogen) atoms. The van der Waals surface area contributed by atoms with Crippen molar-refractivity contribution >= 4 is 55.4 Å². The molecule has 252 valence electrons. The number of para-hydroxylation sites is 1. The molecule has 0 saturated carbocycles. The van der Waals surface area contributed by atoms with E-state index in [0.29, 0.717) is 5.84 Å². The van der Waals surface area contributed by atoms with Gasteiger partial charge in [-0.15, -0.1) is 0 Å². The molecule has 0 spiro atoms. The number of benzene rings is 7. The topological polar surface area (TPSA) is 54.8 Å². The third-order valence-electron chi connectivity index (χ3n) is 11.3. The van der Waals surface area contributed by atoms with Crippen molar-refractivity contribution in [3.63, 3.8) is 0 Å². The molecule has 0 bridgehead atoms. The Morgan fingerprint density at radius 3 is 2.13 bits per heavy atom. The van der Waals surface area contributed by atoms with E-state index in [1.165, 1.54) is 44.1 Å². The quantitative estimate of drug-likeness (QED) is 0.201. The largest absolute Gasteiger partial charge is 0.456 e.